The van der Waals surface area contributed by atoms with Gasteiger partial charge in [-0.3, -0.25) is 9.79 Å². The van der Waals surface area contributed by atoms with Gasteiger partial charge < -0.3 is 20.4 Å². The Hall–Kier alpha value is -2.29. The molecule has 0 unspecified atom stereocenters. The summed E-state index contributed by atoms with van der Waals surface area (Å²) >= 11 is 0. The van der Waals surface area contributed by atoms with Crippen LogP contribution in [0.5, 0.6) is 0 Å². The molecule has 0 aromatic heterocycles. The van der Waals surface area contributed by atoms with Crippen LogP contribution in [0.3, 0.4) is 0 Å². The van der Waals surface area contributed by atoms with Crippen molar-refractivity contribution in [3.63, 3.8) is 0 Å². The normalized spacial score (nSPS) is 16.9. The zero-order chi connectivity index (χ0) is 20.8. The molecule has 1 amide bonds. The number of hydrogen-bond donors (Lipinski definition) is 2. The molecule has 2 aromatic carbocycles. The number of para-hydroxylation sites is 1. The predicted molar refractivity (Wildman–Crippen MR) is 138 cm³/mol. The highest BCUT2D eigenvalue weighted by Crippen LogP contribution is 2.27. The maximum atomic E-state index is 12.2. The van der Waals surface area contributed by atoms with Gasteiger partial charge in [-0.15, -0.1) is 24.0 Å². The lowest BCUT2D eigenvalue weighted by molar-refractivity contribution is -0.122. The van der Waals surface area contributed by atoms with Crippen LogP contribution in [0.1, 0.15) is 24.8 Å². The molecule has 0 bridgehead atoms. The summed E-state index contributed by atoms with van der Waals surface area (Å²) in [6.07, 6.45) is 3.20. The molecule has 4 rings (SSSR count). The SMILES string of the molecule is CN=C(NCc1cccc(NC(=O)C2CCC2)c1)N1CCN(c2ccccc2)CC1.I. The molecule has 31 heavy (non-hydrogen) atoms. The molecule has 1 aliphatic carbocycles. The summed E-state index contributed by atoms with van der Waals surface area (Å²) in [5.74, 6) is 1.27. The maximum absolute atomic E-state index is 12.2. The lowest BCUT2D eigenvalue weighted by Gasteiger charge is -2.37. The Morgan fingerprint density at radius 2 is 1.77 bits per heavy atom. The van der Waals surface area contributed by atoms with Gasteiger partial charge in [0, 0.05) is 57.1 Å². The molecule has 0 radical (unpaired) electrons. The number of rotatable bonds is 5. The van der Waals surface area contributed by atoms with Gasteiger partial charge in [0.05, 0.1) is 0 Å². The number of nitrogens with one attached hydrogen (secondary N) is 2. The first-order valence-electron chi connectivity index (χ1n) is 10.9. The molecular weight excluding hydrogens is 501 g/mol. The summed E-state index contributed by atoms with van der Waals surface area (Å²) in [4.78, 5) is 21.4. The summed E-state index contributed by atoms with van der Waals surface area (Å²) < 4.78 is 0. The van der Waals surface area contributed by atoms with Gasteiger partial charge in [0.15, 0.2) is 5.96 Å². The lowest BCUT2D eigenvalue weighted by atomic mass is 9.85. The van der Waals surface area contributed by atoms with E-state index < -0.39 is 0 Å². The molecule has 2 aromatic rings. The van der Waals surface area contributed by atoms with Crippen LogP contribution in [0.2, 0.25) is 0 Å². The van der Waals surface area contributed by atoms with Gasteiger partial charge in [-0.25, -0.2) is 0 Å². The summed E-state index contributed by atoms with van der Waals surface area (Å²) in [7, 11) is 1.83. The van der Waals surface area contributed by atoms with Crippen LogP contribution >= 0.6 is 24.0 Å². The molecule has 2 aliphatic rings. The molecular formula is C24H32IN5O. The van der Waals surface area contributed by atoms with E-state index in [9.17, 15) is 4.79 Å². The number of piperazine rings is 1. The smallest absolute Gasteiger partial charge is 0.227 e. The molecule has 7 heteroatoms. The Labute approximate surface area is 202 Å². The fourth-order valence-electron chi connectivity index (χ4n) is 4.00. The molecule has 1 saturated carbocycles. The summed E-state index contributed by atoms with van der Waals surface area (Å²) in [5, 5.41) is 6.54. The first-order chi connectivity index (χ1) is 14.7. The Balaban J connectivity index is 0.00000272. The summed E-state index contributed by atoms with van der Waals surface area (Å²) in [6.45, 7) is 4.51. The Kier molecular flexibility index (Phi) is 8.57. The lowest BCUT2D eigenvalue weighted by Crippen LogP contribution is -2.52. The third-order valence-electron chi connectivity index (χ3n) is 6.03. The molecule has 1 saturated heterocycles. The third-order valence-corrected chi connectivity index (χ3v) is 6.03. The van der Waals surface area contributed by atoms with E-state index in [4.69, 9.17) is 0 Å². The fraction of sp³-hybridized carbons (Fsp3) is 0.417. The van der Waals surface area contributed by atoms with Crippen LogP contribution in [-0.2, 0) is 11.3 Å². The topological polar surface area (TPSA) is 60.0 Å². The van der Waals surface area contributed by atoms with Gasteiger partial charge in [0.2, 0.25) is 5.91 Å². The van der Waals surface area contributed by atoms with Crippen molar-refractivity contribution < 1.29 is 4.79 Å². The number of guanidine groups is 1. The monoisotopic (exact) mass is 533 g/mol. The van der Waals surface area contributed by atoms with Crippen LogP contribution in [0.25, 0.3) is 0 Å². The number of nitrogens with zero attached hydrogens (tertiary/aromatic N) is 3. The van der Waals surface area contributed by atoms with E-state index in [1.165, 1.54) is 12.1 Å². The van der Waals surface area contributed by atoms with Crippen molar-refractivity contribution in [2.75, 3.05) is 43.4 Å². The molecule has 1 aliphatic heterocycles. The molecule has 0 atom stereocenters. The fourth-order valence-corrected chi connectivity index (χ4v) is 4.00. The number of amides is 1. The quantitative estimate of drug-likeness (QED) is 0.348. The third kappa shape index (κ3) is 6.12. The average Bonchev–Trinajstić information content (AvgIpc) is 2.74. The van der Waals surface area contributed by atoms with E-state index >= 15 is 0 Å². The first-order valence-corrected chi connectivity index (χ1v) is 10.9. The number of carbonyl (C=O) groups excluding carboxylic acids is 1. The minimum Gasteiger partial charge on any atom is -0.368 e. The predicted octanol–water partition coefficient (Wildman–Crippen LogP) is 3.94. The maximum Gasteiger partial charge on any atom is 0.227 e. The molecule has 2 fully saturated rings. The Bertz CT molecular complexity index is 877. The van der Waals surface area contributed by atoms with Crippen molar-refractivity contribution in [1.29, 1.82) is 0 Å². The molecule has 166 valence electrons. The molecule has 2 N–H and O–H groups in total. The van der Waals surface area contributed by atoms with Crippen molar-refractivity contribution in [3.8, 4) is 0 Å². The van der Waals surface area contributed by atoms with Crippen molar-refractivity contribution in [3.05, 3.63) is 60.2 Å². The second kappa shape index (κ2) is 11.4. The van der Waals surface area contributed by atoms with Crippen LogP contribution in [0, 0.1) is 5.92 Å². The highest BCUT2D eigenvalue weighted by Gasteiger charge is 2.25. The van der Waals surface area contributed by atoms with Gasteiger partial charge in [0.25, 0.3) is 0 Å². The number of halogens is 1. The minimum absolute atomic E-state index is 0. The highest BCUT2D eigenvalue weighted by atomic mass is 127. The Morgan fingerprint density at radius 1 is 1.03 bits per heavy atom. The molecule has 6 nitrogen and oxygen atoms in total. The standard InChI is InChI=1S/C24H31N5O.HI/c1-25-24(29-15-13-28(14-16-29)22-11-3-2-4-12-22)26-18-19-7-5-10-21(17-19)27-23(30)20-8-6-9-20;/h2-5,7,10-12,17,20H,6,8-9,13-16,18H2,1H3,(H,25,26)(H,27,30);1H. The number of aliphatic imine (C=N–C) groups is 1. The number of hydrogen-bond acceptors (Lipinski definition) is 3. The van der Waals surface area contributed by atoms with Crippen LogP contribution in [0.15, 0.2) is 59.6 Å². The Morgan fingerprint density at radius 3 is 2.42 bits per heavy atom. The van der Waals surface area contributed by atoms with Crippen molar-refractivity contribution in [1.82, 2.24) is 10.2 Å². The summed E-state index contributed by atoms with van der Waals surface area (Å²) in [5.41, 5.74) is 3.28. The van der Waals surface area contributed by atoms with E-state index in [2.05, 4.69) is 61.8 Å². The average molecular weight is 533 g/mol. The van der Waals surface area contributed by atoms with Gasteiger partial charge in [0.1, 0.15) is 0 Å². The first kappa shape index (κ1) is 23.4. The van der Waals surface area contributed by atoms with E-state index in [-0.39, 0.29) is 35.8 Å². The van der Waals surface area contributed by atoms with E-state index in [1.54, 1.807) is 0 Å². The van der Waals surface area contributed by atoms with E-state index in [0.29, 0.717) is 6.54 Å². The van der Waals surface area contributed by atoms with Crippen LogP contribution in [-0.4, -0.2) is 50.0 Å². The van der Waals surface area contributed by atoms with E-state index in [1.807, 2.05) is 25.2 Å². The zero-order valence-corrected chi connectivity index (χ0v) is 20.4. The summed E-state index contributed by atoms with van der Waals surface area (Å²) in [6, 6.07) is 18.6. The zero-order valence-electron chi connectivity index (χ0n) is 18.1. The van der Waals surface area contributed by atoms with E-state index in [0.717, 1.165) is 56.2 Å². The molecule has 1 heterocycles. The number of benzene rings is 2. The highest BCUT2D eigenvalue weighted by molar-refractivity contribution is 14.0. The van der Waals surface area contributed by atoms with Crippen LogP contribution in [0.4, 0.5) is 11.4 Å². The number of anilines is 2. The van der Waals surface area contributed by atoms with Crippen LogP contribution < -0.4 is 15.5 Å². The van der Waals surface area contributed by atoms with Gasteiger partial charge in [-0.1, -0.05) is 36.8 Å². The largest absolute Gasteiger partial charge is 0.368 e. The van der Waals surface area contributed by atoms with Gasteiger partial charge in [-0.05, 0) is 42.7 Å². The van der Waals surface area contributed by atoms with Gasteiger partial charge in [-0.2, -0.15) is 0 Å². The second-order valence-electron chi connectivity index (χ2n) is 8.03. The van der Waals surface area contributed by atoms with Gasteiger partial charge >= 0.3 is 0 Å². The van der Waals surface area contributed by atoms with Crippen molar-refractivity contribution >= 4 is 47.2 Å². The minimum atomic E-state index is 0. The molecule has 0 spiro atoms. The second-order valence-corrected chi connectivity index (χ2v) is 8.03. The number of carbonyl (C=O) groups is 1. The van der Waals surface area contributed by atoms with Crippen molar-refractivity contribution in [2.24, 2.45) is 10.9 Å². The van der Waals surface area contributed by atoms with Crippen molar-refractivity contribution in [2.45, 2.75) is 25.8 Å².